The maximum Gasteiger partial charge on any atom is 0.407 e. The maximum atomic E-state index is 12.3. The van der Waals surface area contributed by atoms with Gasteiger partial charge < -0.3 is 14.8 Å². The molecule has 0 aromatic heterocycles. The van der Waals surface area contributed by atoms with Gasteiger partial charge in [-0.25, -0.2) is 4.79 Å². The molecule has 146 valence electrons. The Balaban J connectivity index is 1.37. The predicted molar refractivity (Wildman–Crippen MR) is 109 cm³/mol. The van der Waals surface area contributed by atoms with Crippen LogP contribution in [0.2, 0.25) is 0 Å². The van der Waals surface area contributed by atoms with Crippen molar-refractivity contribution in [3.63, 3.8) is 0 Å². The van der Waals surface area contributed by atoms with Crippen molar-refractivity contribution >= 4 is 12.4 Å². The van der Waals surface area contributed by atoms with Gasteiger partial charge in [0, 0.05) is 5.92 Å². The Kier molecular flexibility index (Phi) is 5.75. The molecule has 0 spiro atoms. The summed E-state index contributed by atoms with van der Waals surface area (Å²) in [6, 6.07) is 16.1. The lowest BCUT2D eigenvalue weighted by molar-refractivity contribution is -0.109. The minimum absolute atomic E-state index is 0.0335. The van der Waals surface area contributed by atoms with Crippen molar-refractivity contribution in [1.29, 1.82) is 0 Å². The molecular formula is C24H27NO3. The molecule has 1 unspecified atom stereocenters. The van der Waals surface area contributed by atoms with E-state index in [1.54, 1.807) is 0 Å². The van der Waals surface area contributed by atoms with E-state index in [4.69, 9.17) is 4.74 Å². The molecule has 1 N–H and O–H groups in total. The lowest BCUT2D eigenvalue weighted by Crippen LogP contribution is -2.38. The number of alkyl carbamates (subject to hydrolysis) is 1. The van der Waals surface area contributed by atoms with Crippen molar-refractivity contribution in [1.82, 2.24) is 5.32 Å². The van der Waals surface area contributed by atoms with Crippen LogP contribution < -0.4 is 5.32 Å². The van der Waals surface area contributed by atoms with Crippen LogP contribution >= 0.6 is 0 Å². The summed E-state index contributed by atoms with van der Waals surface area (Å²) in [5, 5.41) is 2.76. The molecule has 2 aromatic carbocycles. The van der Waals surface area contributed by atoms with Crippen molar-refractivity contribution in [2.24, 2.45) is 5.92 Å². The van der Waals surface area contributed by atoms with Gasteiger partial charge in [-0.05, 0) is 34.6 Å². The highest BCUT2D eigenvalue weighted by molar-refractivity contribution is 5.79. The Hall–Kier alpha value is -2.62. The van der Waals surface area contributed by atoms with Crippen LogP contribution in [0.4, 0.5) is 4.79 Å². The van der Waals surface area contributed by atoms with E-state index in [2.05, 4.69) is 29.6 Å². The highest BCUT2D eigenvalue weighted by atomic mass is 16.5. The van der Waals surface area contributed by atoms with Crippen LogP contribution in [0.25, 0.3) is 11.1 Å². The van der Waals surface area contributed by atoms with Gasteiger partial charge in [0.2, 0.25) is 0 Å². The molecule has 0 bridgehead atoms. The lowest BCUT2D eigenvalue weighted by atomic mass is 9.85. The molecule has 28 heavy (non-hydrogen) atoms. The van der Waals surface area contributed by atoms with Crippen LogP contribution in [0.5, 0.6) is 0 Å². The normalized spacial score (nSPS) is 17.4. The second kappa shape index (κ2) is 8.59. The fraction of sp³-hybridized carbons (Fsp3) is 0.417. The summed E-state index contributed by atoms with van der Waals surface area (Å²) in [5.74, 6) is 0.559. The molecule has 0 radical (unpaired) electrons. The monoisotopic (exact) mass is 377 g/mol. The summed E-state index contributed by atoms with van der Waals surface area (Å²) in [7, 11) is 0. The minimum Gasteiger partial charge on any atom is -0.449 e. The van der Waals surface area contributed by atoms with Gasteiger partial charge in [0.05, 0.1) is 6.04 Å². The minimum atomic E-state index is -0.505. The van der Waals surface area contributed by atoms with E-state index in [9.17, 15) is 9.59 Å². The first-order valence-electron chi connectivity index (χ1n) is 10.3. The largest absolute Gasteiger partial charge is 0.449 e. The molecule has 1 saturated carbocycles. The average Bonchev–Trinajstić information content (AvgIpc) is 3.06. The third-order valence-electron chi connectivity index (χ3n) is 6.12. The smallest absolute Gasteiger partial charge is 0.407 e. The van der Waals surface area contributed by atoms with E-state index < -0.39 is 12.1 Å². The van der Waals surface area contributed by atoms with E-state index in [0.717, 1.165) is 19.1 Å². The van der Waals surface area contributed by atoms with E-state index in [1.807, 2.05) is 24.3 Å². The molecule has 0 saturated heterocycles. The summed E-state index contributed by atoms with van der Waals surface area (Å²) in [6.45, 7) is 0.273. The fourth-order valence-electron chi connectivity index (χ4n) is 4.72. The summed E-state index contributed by atoms with van der Waals surface area (Å²) in [4.78, 5) is 23.8. The molecule has 2 aromatic rings. The first kappa shape index (κ1) is 18.7. The van der Waals surface area contributed by atoms with Gasteiger partial charge in [-0.2, -0.15) is 0 Å². The number of nitrogens with one attached hydrogen (secondary N) is 1. The third-order valence-corrected chi connectivity index (χ3v) is 6.12. The zero-order valence-corrected chi connectivity index (χ0v) is 16.1. The van der Waals surface area contributed by atoms with Crippen LogP contribution in [0.15, 0.2) is 48.5 Å². The molecule has 2 aliphatic carbocycles. The Labute approximate surface area is 166 Å². The van der Waals surface area contributed by atoms with Crippen LogP contribution in [-0.2, 0) is 9.53 Å². The number of hydrogen-bond acceptors (Lipinski definition) is 3. The number of amides is 1. The second-order valence-corrected chi connectivity index (χ2v) is 7.95. The zero-order valence-electron chi connectivity index (χ0n) is 16.1. The maximum absolute atomic E-state index is 12.3. The van der Waals surface area contributed by atoms with Crippen LogP contribution in [-0.4, -0.2) is 25.0 Å². The summed E-state index contributed by atoms with van der Waals surface area (Å²) >= 11 is 0. The van der Waals surface area contributed by atoms with Gasteiger partial charge in [0.15, 0.2) is 0 Å². The third kappa shape index (κ3) is 3.96. The first-order valence-corrected chi connectivity index (χ1v) is 10.3. The number of fused-ring (bicyclic) bond motifs is 3. The molecule has 4 heteroatoms. The number of carbonyl (C=O) groups excluding carboxylic acids is 2. The molecule has 1 fully saturated rings. The van der Waals surface area contributed by atoms with Gasteiger partial charge in [-0.3, -0.25) is 0 Å². The highest BCUT2D eigenvalue weighted by Crippen LogP contribution is 2.44. The predicted octanol–water partition coefficient (Wildman–Crippen LogP) is 5.06. The first-order chi connectivity index (χ1) is 13.8. The number of rotatable bonds is 6. The molecule has 4 rings (SSSR count). The quantitative estimate of drug-likeness (QED) is 0.716. The summed E-state index contributed by atoms with van der Waals surface area (Å²) in [6.07, 6.45) is 7.08. The van der Waals surface area contributed by atoms with E-state index in [0.29, 0.717) is 12.3 Å². The van der Waals surface area contributed by atoms with Gasteiger partial charge in [0.1, 0.15) is 12.9 Å². The Morgan fingerprint density at radius 1 is 1.00 bits per heavy atom. The summed E-state index contributed by atoms with van der Waals surface area (Å²) in [5.41, 5.74) is 4.78. The SMILES string of the molecule is O=CC(CC1CCCCC1)NC(=O)OCC1c2ccccc2-c2ccccc21. The Bertz CT molecular complexity index is 796. The Morgan fingerprint density at radius 2 is 1.61 bits per heavy atom. The molecule has 1 amide bonds. The standard InChI is InChI=1S/C24H27NO3/c26-15-18(14-17-8-2-1-3-9-17)25-24(27)28-16-23-21-12-6-4-10-19(21)20-11-5-7-13-22(20)23/h4-7,10-13,15,17-18,23H,1-3,8-9,14,16H2,(H,25,27). The van der Waals surface area contributed by atoms with Crippen molar-refractivity contribution in [3.8, 4) is 11.1 Å². The number of benzene rings is 2. The zero-order chi connectivity index (χ0) is 19.3. The van der Waals surface area contributed by atoms with Crippen LogP contribution in [0.3, 0.4) is 0 Å². The topological polar surface area (TPSA) is 55.4 Å². The van der Waals surface area contributed by atoms with Crippen LogP contribution in [0.1, 0.15) is 55.6 Å². The average molecular weight is 377 g/mol. The van der Waals surface area contributed by atoms with Crippen molar-refractivity contribution < 1.29 is 14.3 Å². The molecular weight excluding hydrogens is 350 g/mol. The summed E-state index contributed by atoms with van der Waals surface area (Å²) < 4.78 is 5.55. The van der Waals surface area contributed by atoms with Gasteiger partial charge >= 0.3 is 6.09 Å². The van der Waals surface area contributed by atoms with Crippen molar-refractivity contribution in [3.05, 3.63) is 59.7 Å². The Morgan fingerprint density at radius 3 is 2.21 bits per heavy atom. The highest BCUT2D eigenvalue weighted by Gasteiger charge is 2.29. The molecule has 2 aliphatic rings. The fourth-order valence-corrected chi connectivity index (χ4v) is 4.72. The van der Waals surface area contributed by atoms with Crippen LogP contribution in [0, 0.1) is 5.92 Å². The van der Waals surface area contributed by atoms with E-state index in [1.165, 1.54) is 41.5 Å². The van der Waals surface area contributed by atoms with E-state index >= 15 is 0 Å². The lowest BCUT2D eigenvalue weighted by Gasteiger charge is -2.24. The van der Waals surface area contributed by atoms with Crippen molar-refractivity contribution in [2.45, 2.75) is 50.5 Å². The molecule has 0 heterocycles. The van der Waals surface area contributed by atoms with Crippen molar-refractivity contribution in [2.75, 3.05) is 6.61 Å². The van der Waals surface area contributed by atoms with Gasteiger partial charge in [-0.15, -0.1) is 0 Å². The number of carbonyl (C=O) groups is 2. The van der Waals surface area contributed by atoms with Gasteiger partial charge in [0.25, 0.3) is 0 Å². The number of hydrogen-bond donors (Lipinski definition) is 1. The van der Waals surface area contributed by atoms with E-state index in [-0.39, 0.29) is 12.5 Å². The second-order valence-electron chi connectivity index (χ2n) is 7.95. The molecule has 1 atom stereocenters. The van der Waals surface area contributed by atoms with Gasteiger partial charge in [-0.1, -0.05) is 80.6 Å². The molecule has 4 nitrogen and oxygen atoms in total. The molecule has 0 aliphatic heterocycles. The number of aldehydes is 1. The number of ether oxygens (including phenoxy) is 1.